The van der Waals surface area contributed by atoms with Gasteiger partial charge in [-0.05, 0) is 26.2 Å². The SMILES string of the molecule is C=CCN(CCO)C(=O)N1CCCCC1(C)C(=O)O. The van der Waals surface area contributed by atoms with E-state index in [0.29, 0.717) is 19.5 Å². The number of hydrogen-bond acceptors (Lipinski definition) is 3. The summed E-state index contributed by atoms with van der Waals surface area (Å²) in [6.45, 7) is 5.90. The molecule has 1 heterocycles. The lowest BCUT2D eigenvalue weighted by atomic mass is 9.89. The summed E-state index contributed by atoms with van der Waals surface area (Å²) in [5.41, 5.74) is -1.16. The molecule has 1 aliphatic heterocycles. The highest BCUT2D eigenvalue weighted by atomic mass is 16.4. The van der Waals surface area contributed by atoms with E-state index in [1.807, 2.05) is 0 Å². The van der Waals surface area contributed by atoms with Gasteiger partial charge in [0.25, 0.3) is 0 Å². The average molecular weight is 270 g/mol. The third-order valence-electron chi connectivity index (χ3n) is 3.57. The molecule has 0 saturated carbocycles. The summed E-state index contributed by atoms with van der Waals surface area (Å²) in [4.78, 5) is 26.7. The Hall–Kier alpha value is -1.56. The number of carbonyl (C=O) groups is 2. The van der Waals surface area contributed by atoms with Crippen molar-refractivity contribution >= 4 is 12.0 Å². The van der Waals surface area contributed by atoms with E-state index in [2.05, 4.69) is 6.58 Å². The number of carboxylic acid groups (broad SMARTS) is 1. The summed E-state index contributed by atoms with van der Waals surface area (Å²) in [6, 6.07) is -0.349. The van der Waals surface area contributed by atoms with Crippen LogP contribution in [0.1, 0.15) is 26.2 Å². The second-order valence-corrected chi connectivity index (χ2v) is 4.93. The Morgan fingerprint density at radius 1 is 1.47 bits per heavy atom. The first-order valence-corrected chi connectivity index (χ1v) is 6.49. The number of urea groups is 1. The van der Waals surface area contributed by atoms with E-state index in [0.717, 1.165) is 12.8 Å². The number of hydrogen-bond donors (Lipinski definition) is 2. The van der Waals surface area contributed by atoms with Gasteiger partial charge in [0.2, 0.25) is 0 Å². The topological polar surface area (TPSA) is 81.1 Å². The van der Waals surface area contributed by atoms with Gasteiger partial charge < -0.3 is 20.0 Å². The highest BCUT2D eigenvalue weighted by Crippen LogP contribution is 2.29. The molecule has 6 nitrogen and oxygen atoms in total. The van der Waals surface area contributed by atoms with Crippen molar-refractivity contribution in [2.45, 2.75) is 31.7 Å². The smallest absolute Gasteiger partial charge is 0.329 e. The maximum Gasteiger partial charge on any atom is 0.329 e. The van der Waals surface area contributed by atoms with Crippen LogP contribution in [0.4, 0.5) is 4.79 Å². The molecule has 0 aliphatic carbocycles. The maximum atomic E-state index is 12.4. The van der Waals surface area contributed by atoms with Gasteiger partial charge in [-0.1, -0.05) is 6.08 Å². The monoisotopic (exact) mass is 270 g/mol. The molecule has 0 aromatic rings. The third-order valence-corrected chi connectivity index (χ3v) is 3.57. The summed E-state index contributed by atoms with van der Waals surface area (Å²) in [7, 11) is 0. The van der Waals surface area contributed by atoms with Crippen LogP contribution < -0.4 is 0 Å². The number of amides is 2. The Bertz CT molecular complexity index is 359. The lowest BCUT2D eigenvalue weighted by molar-refractivity contribution is -0.150. The Balaban J connectivity index is 2.92. The zero-order valence-corrected chi connectivity index (χ0v) is 11.3. The fraction of sp³-hybridized carbons (Fsp3) is 0.692. The number of aliphatic hydroxyl groups is 1. The van der Waals surface area contributed by atoms with Crippen LogP contribution in [0.2, 0.25) is 0 Å². The molecular formula is C13H22N2O4. The molecular weight excluding hydrogens is 248 g/mol. The van der Waals surface area contributed by atoms with Crippen molar-refractivity contribution < 1.29 is 19.8 Å². The molecule has 108 valence electrons. The largest absolute Gasteiger partial charge is 0.480 e. The van der Waals surface area contributed by atoms with Crippen LogP contribution >= 0.6 is 0 Å². The highest BCUT2D eigenvalue weighted by molar-refractivity contribution is 5.86. The van der Waals surface area contributed by atoms with Crippen LogP contribution in [0.15, 0.2) is 12.7 Å². The van der Waals surface area contributed by atoms with Gasteiger partial charge in [0, 0.05) is 19.6 Å². The van der Waals surface area contributed by atoms with Gasteiger partial charge in [0.1, 0.15) is 5.54 Å². The minimum atomic E-state index is -1.16. The molecule has 0 spiro atoms. The molecule has 1 atom stereocenters. The van der Waals surface area contributed by atoms with Crippen LogP contribution in [0, 0.1) is 0 Å². The minimum Gasteiger partial charge on any atom is -0.480 e. The molecule has 1 saturated heterocycles. The highest BCUT2D eigenvalue weighted by Gasteiger charge is 2.45. The van der Waals surface area contributed by atoms with E-state index < -0.39 is 11.5 Å². The molecule has 1 unspecified atom stereocenters. The summed E-state index contributed by atoms with van der Waals surface area (Å²) >= 11 is 0. The zero-order valence-electron chi connectivity index (χ0n) is 11.3. The average Bonchev–Trinajstić information content (AvgIpc) is 2.38. The molecule has 6 heteroatoms. The second-order valence-electron chi connectivity index (χ2n) is 4.93. The predicted octanol–water partition coefficient (Wildman–Crippen LogP) is 0.916. The molecule has 2 amide bonds. The fourth-order valence-electron chi connectivity index (χ4n) is 2.36. The molecule has 2 N–H and O–H groups in total. The van der Waals surface area contributed by atoms with Crippen LogP contribution in [-0.2, 0) is 4.79 Å². The lowest BCUT2D eigenvalue weighted by Gasteiger charge is -2.43. The number of aliphatic hydroxyl groups excluding tert-OH is 1. The van der Waals surface area contributed by atoms with Crippen molar-refractivity contribution in [3.63, 3.8) is 0 Å². The standard InChI is InChI=1S/C13H22N2O4/c1-3-7-14(9-10-16)12(19)15-8-5-4-6-13(15,2)11(17)18/h3,16H,1,4-10H2,2H3,(H,17,18). The Morgan fingerprint density at radius 3 is 2.68 bits per heavy atom. The Labute approximate surface area is 113 Å². The van der Waals surface area contributed by atoms with E-state index in [4.69, 9.17) is 5.11 Å². The molecule has 0 aromatic carbocycles. The van der Waals surface area contributed by atoms with E-state index >= 15 is 0 Å². The molecule has 0 radical (unpaired) electrons. The predicted molar refractivity (Wildman–Crippen MR) is 70.8 cm³/mol. The van der Waals surface area contributed by atoms with Crippen molar-refractivity contribution in [3.05, 3.63) is 12.7 Å². The van der Waals surface area contributed by atoms with Crippen LogP contribution in [0.3, 0.4) is 0 Å². The van der Waals surface area contributed by atoms with Crippen molar-refractivity contribution in [2.24, 2.45) is 0 Å². The lowest BCUT2D eigenvalue weighted by Crippen LogP contribution is -2.60. The quantitative estimate of drug-likeness (QED) is 0.728. The van der Waals surface area contributed by atoms with Gasteiger partial charge in [-0.2, -0.15) is 0 Å². The number of carbonyl (C=O) groups excluding carboxylic acids is 1. The first-order valence-electron chi connectivity index (χ1n) is 6.49. The molecule has 1 aliphatic rings. The number of rotatable bonds is 5. The van der Waals surface area contributed by atoms with Crippen LogP contribution in [0.25, 0.3) is 0 Å². The first kappa shape index (κ1) is 15.5. The number of nitrogens with zero attached hydrogens (tertiary/aromatic N) is 2. The van der Waals surface area contributed by atoms with Gasteiger partial charge in [-0.25, -0.2) is 9.59 Å². The van der Waals surface area contributed by atoms with E-state index in [1.165, 1.54) is 9.80 Å². The fourth-order valence-corrected chi connectivity index (χ4v) is 2.36. The van der Waals surface area contributed by atoms with E-state index in [9.17, 15) is 14.7 Å². The van der Waals surface area contributed by atoms with Crippen molar-refractivity contribution in [1.29, 1.82) is 0 Å². The number of carboxylic acids is 1. The van der Waals surface area contributed by atoms with Crippen molar-refractivity contribution in [2.75, 3.05) is 26.2 Å². The van der Waals surface area contributed by atoms with Gasteiger partial charge in [0.15, 0.2) is 0 Å². The number of piperidine rings is 1. The normalized spacial score (nSPS) is 22.9. The van der Waals surface area contributed by atoms with E-state index in [1.54, 1.807) is 13.0 Å². The van der Waals surface area contributed by atoms with Gasteiger partial charge >= 0.3 is 12.0 Å². The zero-order chi connectivity index (χ0) is 14.5. The molecule has 1 fully saturated rings. The van der Waals surface area contributed by atoms with Crippen molar-refractivity contribution in [1.82, 2.24) is 9.80 Å². The summed E-state index contributed by atoms with van der Waals surface area (Å²) in [5, 5.41) is 18.4. The summed E-state index contributed by atoms with van der Waals surface area (Å²) < 4.78 is 0. The number of aliphatic carboxylic acids is 1. The summed E-state index contributed by atoms with van der Waals surface area (Å²) in [5.74, 6) is -0.983. The Kier molecular flexibility index (Phi) is 5.35. The van der Waals surface area contributed by atoms with Crippen molar-refractivity contribution in [3.8, 4) is 0 Å². The van der Waals surface area contributed by atoms with Gasteiger partial charge in [0.05, 0.1) is 6.61 Å². The molecule has 1 rings (SSSR count). The first-order chi connectivity index (χ1) is 8.97. The van der Waals surface area contributed by atoms with Gasteiger partial charge in [-0.15, -0.1) is 6.58 Å². The van der Waals surface area contributed by atoms with Crippen LogP contribution in [0.5, 0.6) is 0 Å². The van der Waals surface area contributed by atoms with E-state index in [-0.39, 0.29) is 19.2 Å². The van der Waals surface area contributed by atoms with Gasteiger partial charge in [-0.3, -0.25) is 0 Å². The second kappa shape index (κ2) is 6.56. The van der Waals surface area contributed by atoms with Crippen LogP contribution in [-0.4, -0.2) is 63.8 Å². The number of likely N-dealkylation sites (tertiary alicyclic amines) is 1. The Morgan fingerprint density at radius 2 is 2.16 bits per heavy atom. The molecule has 0 bridgehead atoms. The maximum absolute atomic E-state index is 12.4. The molecule has 19 heavy (non-hydrogen) atoms. The minimum absolute atomic E-state index is 0.156. The summed E-state index contributed by atoms with van der Waals surface area (Å²) in [6.07, 6.45) is 3.62. The molecule has 0 aromatic heterocycles. The third kappa shape index (κ3) is 3.26.